The molecule has 1 aliphatic heterocycles. The second-order valence-electron chi connectivity index (χ2n) is 5.29. The normalized spacial score (nSPS) is 14.3. The van der Waals surface area contributed by atoms with Gasteiger partial charge in [0.05, 0.1) is 13.3 Å². The van der Waals surface area contributed by atoms with Gasteiger partial charge in [-0.25, -0.2) is 4.68 Å². The van der Waals surface area contributed by atoms with Crippen LogP contribution in [0.2, 0.25) is 0 Å². The largest absolute Gasteiger partial charge is 0.586 e. The van der Waals surface area contributed by atoms with Gasteiger partial charge < -0.3 is 19.1 Å². The predicted octanol–water partition coefficient (Wildman–Crippen LogP) is 1.26. The maximum atomic E-state index is 13.3. The first-order valence-corrected chi connectivity index (χ1v) is 7.02. The van der Waals surface area contributed by atoms with Gasteiger partial charge in [0.1, 0.15) is 5.69 Å². The van der Waals surface area contributed by atoms with Gasteiger partial charge >= 0.3 is 6.29 Å². The number of methoxy groups -OCH3 is 1. The molecule has 1 aromatic carbocycles. The van der Waals surface area contributed by atoms with Gasteiger partial charge in [-0.2, -0.15) is 5.10 Å². The number of hydrogen-bond donors (Lipinski definition) is 0. The van der Waals surface area contributed by atoms with Crippen molar-refractivity contribution in [1.82, 2.24) is 14.7 Å². The Morgan fingerprint density at radius 2 is 2.04 bits per heavy atom. The summed E-state index contributed by atoms with van der Waals surface area (Å²) in [6.45, 7) is 0. The number of carbonyl (C=O) groups is 1. The van der Waals surface area contributed by atoms with Crippen molar-refractivity contribution in [2.75, 3.05) is 21.2 Å². The van der Waals surface area contributed by atoms with E-state index in [1.54, 1.807) is 0 Å². The number of amides is 1. The van der Waals surface area contributed by atoms with Gasteiger partial charge in [-0.15, -0.1) is 8.78 Å². The maximum Gasteiger partial charge on any atom is 0.586 e. The van der Waals surface area contributed by atoms with Gasteiger partial charge in [0, 0.05) is 14.1 Å². The van der Waals surface area contributed by atoms with Crippen LogP contribution < -0.4 is 19.6 Å². The summed E-state index contributed by atoms with van der Waals surface area (Å²) in [4.78, 5) is 25.6. The first-order chi connectivity index (χ1) is 11.7. The van der Waals surface area contributed by atoms with Gasteiger partial charge in [0.2, 0.25) is 0 Å². The Labute approximate surface area is 140 Å². The van der Waals surface area contributed by atoms with E-state index >= 15 is 0 Å². The predicted molar refractivity (Wildman–Crippen MR) is 80.6 cm³/mol. The van der Waals surface area contributed by atoms with E-state index in [-0.39, 0.29) is 22.9 Å². The average Bonchev–Trinajstić information content (AvgIpc) is 2.88. The summed E-state index contributed by atoms with van der Waals surface area (Å²) in [6.07, 6.45) is -2.64. The summed E-state index contributed by atoms with van der Waals surface area (Å²) in [5, 5.41) is 3.95. The Morgan fingerprint density at radius 3 is 2.68 bits per heavy atom. The molecule has 0 unspecified atom stereocenters. The number of nitrogens with zero attached hydrogens (tertiary/aromatic N) is 3. The van der Waals surface area contributed by atoms with E-state index in [0.29, 0.717) is 0 Å². The van der Waals surface area contributed by atoms with Crippen LogP contribution in [0.3, 0.4) is 0 Å². The third kappa shape index (κ3) is 2.86. The van der Waals surface area contributed by atoms with Crippen molar-refractivity contribution >= 4 is 5.91 Å². The standard InChI is InChI=1S/C15H13F2N3O5/c1-19(2)14(22)11-12(21)10(23-3)7-20(18-11)8-5-4-6-9-13(8)25-15(16,17)24-9/h4-7H,1-3H3. The molecule has 3 rings (SSSR count). The highest BCUT2D eigenvalue weighted by Gasteiger charge is 2.45. The molecule has 1 amide bonds. The molecule has 2 heterocycles. The van der Waals surface area contributed by atoms with E-state index in [1.807, 2.05) is 0 Å². The first-order valence-electron chi connectivity index (χ1n) is 7.02. The number of fused-ring (bicyclic) bond motifs is 1. The summed E-state index contributed by atoms with van der Waals surface area (Å²) in [6, 6.07) is 4.16. The summed E-state index contributed by atoms with van der Waals surface area (Å²) >= 11 is 0. The van der Waals surface area contributed by atoms with Crippen LogP contribution in [0.25, 0.3) is 5.69 Å². The van der Waals surface area contributed by atoms with Gasteiger partial charge in [-0.05, 0) is 12.1 Å². The second kappa shape index (κ2) is 5.72. The number of para-hydroxylation sites is 1. The fourth-order valence-corrected chi connectivity index (χ4v) is 2.22. The SMILES string of the molecule is COc1cn(-c2cccc3c2OC(F)(F)O3)nc(C(=O)N(C)C)c1=O. The molecule has 132 valence electrons. The second-order valence-corrected chi connectivity index (χ2v) is 5.29. The van der Waals surface area contributed by atoms with Crippen molar-refractivity contribution in [2.24, 2.45) is 0 Å². The molecule has 10 heteroatoms. The molecule has 0 atom stereocenters. The highest BCUT2D eigenvalue weighted by molar-refractivity contribution is 5.92. The van der Waals surface area contributed by atoms with Crippen LogP contribution in [0.5, 0.6) is 17.2 Å². The lowest BCUT2D eigenvalue weighted by atomic mass is 10.2. The molecule has 0 saturated heterocycles. The van der Waals surface area contributed by atoms with Crippen molar-refractivity contribution in [1.29, 1.82) is 0 Å². The fourth-order valence-electron chi connectivity index (χ4n) is 2.22. The van der Waals surface area contributed by atoms with Crippen LogP contribution in [0.1, 0.15) is 10.5 Å². The molecule has 8 nitrogen and oxygen atoms in total. The van der Waals surface area contributed by atoms with E-state index < -0.39 is 23.3 Å². The van der Waals surface area contributed by atoms with Gasteiger partial charge in [-0.1, -0.05) is 6.07 Å². The molecule has 1 aliphatic rings. The fraction of sp³-hybridized carbons (Fsp3) is 0.267. The number of ether oxygens (including phenoxy) is 3. The monoisotopic (exact) mass is 353 g/mol. The molecule has 2 aromatic rings. The molecule has 0 radical (unpaired) electrons. The number of halogens is 2. The highest BCUT2D eigenvalue weighted by atomic mass is 19.3. The molecule has 1 aromatic heterocycles. The molecule has 0 spiro atoms. The Balaban J connectivity index is 2.20. The van der Waals surface area contributed by atoms with E-state index in [9.17, 15) is 18.4 Å². The summed E-state index contributed by atoms with van der Waals surface area (Å²) in [5.74, 6) is -1.30. The van der Waals surface area contributed by atoms with E-state index in [0.717, 1.165) is 9.58 Å². The van der Waals surface area contributed by atoms with Crippen LogP contribution in [-0.4, -0.2) is 48.1 Å². The smallest absolute Gasteiger partial charge is 0.491 e. The van der Waals surface area contributed by atoms with Crippen molar-refractivity contribution in [3.05, 3.63) is 40.3 Å². The zero-order valence-corrected chi connectivity index (χ0v) is 13.4. The number of aromatic nitrogens is 2. The van der Waals surface area contributed by atoms with Gasteiger partial charge in [0.25, 0.3) is 11.3 Å². The van der Waals surface area contributed by atoms with Crippen molar-refractivity contribution in [2.45, 2.75) is 6.29 Å². The maximum absolute atomic E-state index is 13.3. The third-order valence-electron chi connectivity index (χ3n) is 3.37. The molecule has 0 saturated carbocycles. The Hall–Kier alpha value is -3.17. The summed E-state index contributed by atoms with van der Waals surface area (Å²) < 4.78 is 41.6. The lowest BCUT2D eigenvalue weighted by Gasteiger charge is -2.14. The lowest BCUT2D eigenvalue weighted by molar-refractivity contribution is -0.286. The molecule has 0 fully saturated rings. The summed E-state index contributed by atoms with van der Waals surface area (Å²) in [7, 11) is 4.14. The minimum atomic E-state index is -3.82. The Morgan fingerprint density at radius 1 is 1.32 bits per heavy atom. The molecule has 0 N–H and O–H groups in total. The number of carbonyl (C=O) groups excluding carboxylic acids is 1. The molecule has 25 heavy (non-hydrogen) atoms. The van der Waals surface area contributed by atoms with Gasteiger partial charge in [-0.3, -0.25) is 9.59 Å². The molecule has 0 bridgehead atoms. The number of rotatable bonds is 3. The quantitative estimate of drug-likeness (QED) is 0.826. The topological polar surface area (TPSA) is 82.9 Å². The molecule has 0 aliphatic carbocycles. The minimum absolute atomic E-state index is 0.0563. The number of benzene rings is 1. The van der Waals surface area contributed by atoms with Crippen LogP contribution in [0, 0.1) is 0 Å². The van der Waals surface area contributed by atoms with Crippen LogP contribution in [-0.2, 0) is 0 Å². The Kier molecular flexibility index (Phi) is 3.82. The van der Waals surface area contributed by atoms with Crippen molar-refractivity contribution < 1.29 is 27.8 Å². The molecular formula is C15H13F2N3O5. The Bertz CT molecular complexity index is 911. The zero-order chi connectivity index (χ0) is 18.4. The van der Waals surface area contributed by atoms with E-state index in [4.69, 9.17) is 4.74 Å². The highest BCUT2D eigenvalue weighted by Crippen LogP contribution is 2.44. The third-order valence-corrected chi connectivity index (χ3v) is 3.37. The average molecular weight is 353 g/mol. The van der Waals surface area contributed by atoms with Crippen LogP contribution in [0.15, 0.2) is 29.2 Å². The summed E-state index contributed by atoms with van der Waals surface area (Å²) in [5.41, 5.74) is -1.08. The van der Waals surface area contributed by atoms with Crippen molar-refractivity contribution in [3.8, 4) is 22.9 Å². The minimum Gasteiger partial charge on any atom is -0.491 e. The first kappa shape index (κ1) is 16.7. The van der Waals surface area contributed by atoms with E-state index in [1.165, 1.54) is 45.6 Å². The van der Waals surface area contributed by atoms with E-state index in [2.05, 4.69) is 14.6 Å². The molecular weight excluding hydrogens is 340 g/mol. The van der Waals surface area contributed by atoms with Crippen LogP contribution >= 0.6 is 0 Å². The number of alkyl halides is 2. The lowest BCUT2D eigenvalue weighted by Crippen LogP contribution is -2.31. The zero-order valence-electron chi connectivity index (χ0n) is 13.4. The van der Waals surface area contributed by atoms with Crippen molar-refractivity contribution in [3.63, 3.8) is 0 Å². The van der Waals surface area contributed by atoms with Crippen LogP contribution in [0.4, 0.5) is 8.78 Å². The van der Waals surface area contributed by atoms with Gasteiger partial charge in [0.15, 0.2) is 22.9 Å². The number of hydrogen-bond acceptors (Lipinski definition) is 6.